The van der Waals surface area contributed by atoms with Gasteiger partial charge in [-0.1, -0.05) is 76.9 Å². The van der Waals surface area contributed by atoms with Crippen LogP contribution in [0.2, 0.25) is 10.0 Å². The van der Waals surface area contributed by atoms with Crippen molar-refractivity contribution in [1.29, 1.82) is 0 Å². The number of amides is 1. The molecule has 4 rings (SSSR count). The highest BCUT2D eigenvalue weighted by atomic mass is 35.5. The first-order valence-electron chi connectivity index (χ1n) is 9.98. The minimum Gasteiger partial charge on any atom is -0.272 e. The molecule has 0 saturated carbocycles. The van der Waals surface area contributed by atoms with Gasteiger partial charge < -0.3 is 0 Å². The van der Waals surface area contributed by atoms with Crippen molar-refractivity contribution in [3.63, 3.8) is 0 Å². The molecule has 0 fully saturated rings. The molecule has 4 aromatic rings. The summed E-state index contributed by atoms with van der Waals surface area (Å²) in [5.41, 5.74) is 6.24. The number of carbonyl (C=O) groups is 1. The van der Waals surface area contributed by atoms with Gasteiger partial charge in [0, 0.05) is 21.3 Å². The Kier molecular flexibility index (Phi) is 7.44. The quantitative estimate of drug-likeness (QED) is 0.200. The lowest BCUT2D eigenvalue weighted by Crippen LogP contribution is -2.20. The lowest BCUT2D eigenvalue weighted by Gasteiger charge is -2.10. The van der Waals surface area contributed by atoms with Crippen LogP contribution in [0.15, 0.2) is 83.1 Å². The fourth-order valence-corrected chi connectivity index (χ4v) is 4.07. The number of hydrogen-bond donors (Lipinski definition) is 1. The summed E-state index contributed by atoms with van der Waals surface area (Å²) in [6.45, 7) is 2.03. The number of hydrazone groups is 1. The van der Waals surface area contributed by atoms with Gasteiger partial charge in [-0.25, -0.2) is 5.43 Å². The maximum absolute atomic E-state index is 12.3. The number of thioether (sulfide) groups is 1. The monoisotopic (exact) mass is 495 g/mol. The molecule has 0 radical (unpaired) electrons. The molecule has 3 aromatic carbocycles. The zero-order valence-corrected chi connectivity index (χ0v) is 19.9. The van der Waals surface area contributed by atoms with Crippen LogP contribution in [-0.2, 0) is 4.79 Å². The Morgan fingerprint density at radius 2 is 1.79 bits per heavy atom. The topological polar surface area (TPSA) is 72.2 Å². The van der Waals surface area contributed by atoms with Gasteiger partial charge in [-0.3, -0.25) is 9.36 Å². The average Bonchev–Trinajstić information content (AvgIpc) is 3.23. The van der Waals surface area contributed by atoms with Crippen molar-refractivity contribution in [3.8, 4) is 17.1 Å². The van der Waals surface area contributed by atoms with E-state index in [-0.39, 0.29) is 11.7 Å². The molecule has 166 valence electrons. The van der Waals surface area contributed by atoms with Crippen LogP contribution in [0.4, 0.5) is 0 Å². The van der Waals surface area contributed by atoms with Gasteiger partial charge in [0.1, 0.15) is 0 Å². The third kappa shape index (κ3) is 6.01. The summed E-state index contributed by atoms with van der Waals surface area (Å²) < 4.78 is 1.91. The molecular weight excluding hydrogens is 477 g/mol. The highest BCUT2D eigenvalue weighted by Gasteiger charge is 2.17. The van der Waals surface area contributed by atoms with E-state index in [0.717, 1.165) is 22.4 Å². The second kappa shape index (κ2) is 10.7. The van der Waals surface area contributed by atoms with Crippen molar-refractivity contribution in [2.45, 2.75) is 12.1 Å². The Morgan fingerprint density at radius 1 is 1.03 bits per heavy atom. The molecule has 33 heavy (non-hydrogen) atoms. The fourth-order valence-electron chi connectivity index (χ4n) is 3.00. The second-order valence-electron chi connectivity index (χ2n) is 7.12. The molecule has 0 unspecified atom stereocenters. The third-order valence-corrected chi connectivity index (χ3v) is 6.03. The van der Waals surface area contributed by atoms with Crippen LogP contribution in [-0.4, -0.2) is 32.6 Å². The van der Waals surface area contributed by atoms with E-state index in [1.165, 1.54) is 11.8 Å². The van der Waals surface area contributed by atoms with Gasteiger partial charge in [-0.2, -0.15) is 5.10 Å². The summed E-state index contributed by atoms with van der Waals surface area (Å²) in [5, 5.41) is 14.5. The van der Waals surface area contributed by atoms with Gasteiger partial charge in [0.05, 0.1) is 12.0 Å². The van der Waals surface area contributed by atoms with E-state index in [2.05, 4.69) is 20.7 Å². The molecule has 1 N–H and O–H groups in total. The number of halogens is 2. The predicted octanol–water partition coefficient (Wildman–Crippen LogP) is 5.79. The van der Waals surface area contributed by atoms with Gasteiger partial charge in [-0.05, 0) is 48.9 Å². The van der Waals surface area contributed by atoms with Gasteiger partial charge in [0.25, 0.3) is 5.91 Å². The van der Waals surface area contributed by atoms with E-state index in [1.54, 1.807) is 18.3 Å². The van der Waals surface area contributed by atoms with Crippen molar-refractivity contribution in [3.05, 3.63) is 94.0 Å². The van der Waals surface area contributed by atoms with Crippen LogP contribution < -0.4 is 5.43 Å². The summed E-state index contributed by atoms with van der Waals surface area (Å²) in [7, 11) is 0. The van der Waals surface area contributed by atoms with Crippen molar-refractivity contribution in [2.24, 2.45) is 5.10 Å². The van der Waals surface area contributed by atoms with Crippen LogP contribution in [0, 0.1) is 6.92 Å². The zero-order chi connectivity index (χ0) is 23.2. The summed E-state index contributed by atoms with van der Waals surface area (Å²) in [6, 6.07) is 22.6. The minimum absolute atomic E-state index is 0.118. The summed E-state index contributed by atoms with van der Waals surface area (Å²) in [4.78, 5) is 12.3. The van der Waals surface area contributed by atoms with Gasteiger partial charge >= 0.3 is 0 Å². The molecule has 0 atom stereocenters. The maximum Gasteiger partial charge on any atom is 0.250 e. The SMILES string of the molecule is Cc1ccc(-c2nnc(SCC(=O)N/N=C\c3cccc(Cl)c3)n2-c2ccc(Cl)cc2)cc1. The van der Waals surface area contributed by atoms with Crippen molar-refractivity contribution in [1.82, 2.24) is 20.2 Å². The molecule has 0 spiro atoms. The number of carbonyl (C=O) groups excluding carboxylic acids is 1. The van der Waals surface area contributed by atoms with E-state index in [1.807, 2.05) is 72.2 Å². The molecule has 0 aliphatic heterocycles. The Balaban J connectivity index is 1.51. The molecule has 6 nitrogen and oxygen atoms in total. The van der Waals surface area contributed by atoms with Crippen molar-refractivity contribution >= 4 is 47.1 Å². The van der Waals surface area contributed by atoms with Gasteiger partial charge in [0.15, 0.2) is 11.0 Å². The van der Waals surface area contributed by atoms with Crippen LogP contribution >= 0.6 is 35.0 Å². The van der Waals surface area contributed by atoms with E-state index < -0.39 is 0 Å². The Hall–Kier alpha value is -3.13. The van der Waals surface area contributed by atoms with Gasteiger partial charge in [0.2, 0.25) is 0 Å². The van der Waals surface area contributed by atoms with Crippen LogP contribution in [0.3, 0.4) is 0 Å². The van der Waals surface area contributed by atoms with E-state index in [9.17, 15) is 4.79 Å². The van der Waals surface area contributed by atoms with Crippen LogP contribution in [0.25, 0.3) is 17.1 Å². The molecule has 0 aliphatic rings. The standard InChI is InChI=1S/C24H19Cl2N5OS/c1-16-5-7-18(8-6-16)23-29-30-24(31(23)21-11-9-19(25)10-12-21)33-15-22(32)28-27-14-17-3-2-4-20(26)13-17/h2-14H,15H2,1H3,(H,28,32)/b27-14-. The minimum atomic E-state index is -0.263. The van der Waals surface area contributed by atoms with E-state index in [0.29, 0.717) is 21.0 Å². The summed E-state index contributed by atoms with van der Waals surface area (Å²) >= 11 is 13.3. The maximum atomic E-state index is 12.3. The third-order valence-electron chi connectivity index (χ3n) is 4.61. The lowest BCUT2D eigenvalue weighted by atomic mass is 10.1. The average molecular weight is 496 g/mol. The van der Waals surface area contributed by atoms with E-state index in [4.69, 9.17) is 23.2 Å². The van der Waals surface area contributed by atoms with Crippen molar-refractivity contribution < 1.29 is 4.79 Å². The number of hydrogen-bond acceptors (Lipinski definition) is 5. The molecule has 1 aromatic heterocycles. The number of aryl methyl sites for hydroxylation is 1. The number of rotatable bonds is 7. The highest BCUT2D eigenvalue weighted by Crippen LogP contribution is 2.28. The fraction of sp³-hybridized carbons (Fsp3) is 0.0833. The number of nitrogens with one attached hydrogen (secondary N) is 1. The molecule has 1 heterocycles. The number of benzene rings is 3. The largest absolute Gasteiger partial charge is 0.272 e. The van der Waals surface area contributed by atoms with Crippen LogP contribution in [0.5, 0.6) is 0 Å². The normalized spacial score (nSPS) is 11.1. The van der Waals surface area contributed by atoms with Crippen molar-refractivity contribution in [2.75, 3.05) is 5.75 Å². The van der Waals surface area contributed by atoms with Gasteiger partial charge in [-0.15, -0.1) is 10.2 Å². The first-order chi connectivity index (χ1) is 16.0. The first kappa shape index (κ1) is 23.0. The first-order valence-corrected chi connectivity index (χ1v) is 11.7. The smallest absolute Gasteiger partial charge is 0.250 e. The highest BCUT2D eigenvalue weighted by molar-refractivity contribution is 7.99. The zero-order valence-electron chi connectivity index (χ0n) is 17.6. The summed E-state index contributed by atoms with van der Waals surface area (Å²) in [5.74, 6) is 0.534. The number of aromatic nitrogens is 3. The second-order valence-corrected chi connectivity index (χ2v) is 8.94. The Labute approximate surface area is 205 Å². The molecule has 0 saturated heterocycles. The predicted molar refractivity (Wildman–Crippen MR) is 134 cm³/mol. The molecule has 1 amide bonds. The molecule has 0 aliphatic carbocycles. The Bertz CT molecular complexity index is 1290. The van der Waals surface area contributed by atoms with Crippen LogP contribution in [0.1, 0.15) is 11.1 Å². The Morgan fingerprint density at radius 3 is 2.52 bits per heavy atom. The number of nitrogens with zero attached hydrogens (tertiary/aromatic N) is 4. The molecular formula is C24H19Cl2N5OS. The molecule has 9 heteroatoms. The summed E-state index contributed by atoms with van der Waals surface area (Å²) in [6.07, 6.45) is 1.54. The van der Waals surface area contributed by atoms with E-state index >= 15 is 0 Å². The lowest BCUT2D eigenvalue weighted by molar-refractivity contribution is -0.118. The molecule has 0 bridgehead atoms.